The zero-order valence-corrected chi connectivity index (χ0v) is 16.7. The second-order valence-corrected chi connectivity index (χ2v) is 8.09. The van der Waals surface area contributed by atoms with Gasteiger partial charge in [0.2, 0.25) is 0 Å². The van der Waals surface area contributed by atoms with Crippen molar-refractivity contribution in [1.29, 1.82) is 0 Å². The number of amides is 1. The molecule has 2 aliphatic heterocycles. The van der Waals surface area contributed by atoms with E-state index in [4.69, 9.17) is 4.74 Å². The SMILES string of the molecule is CC(C)=CCN1CCC2(CC[C@H](CNC(=O)c3cccn(C)c3=O)O2)CC1. The Morgan fingerprint density at radius 3 is 2.78 bits per heavy atom. The van der Waals surface area contributed by atoms with Crippen LogP contribution in [-0.4, -0.2) is 53.3 Å². The molecule has 3 heterocycles. The molecule has 0 saturated carbocycles. The van der Waals surface area contributed by atoms with Crippen LogP contribution in [0.4, 0.5) is 0 Å². The Kier molecular flexibility index (Phi) is 6.17. The van der Waals surface area contributed by atoms with Gasteiger partial charge in [-0.2, -0.15) is 0 Å². The van der Waals surface area contributed by atoms with Gasteiger partial charge in [0, 0.05) is 39.4 Å². The molecule has 2 fully saturated rings. The first-order chi connectivity index (χ1) is 12.9. The Morgan fingerprint density at radius 2 is 2.07 bits per heavy atom. The molecule has 2 aliphatic rings. The molecule has 3 rings (SSSR count). The number of hydrogen-bond donors (Lipinski definition) is 1. The van der Waals surface area contributed by atoms with Crippen molar-refractivity contribution in [2.24, 2.45) is 7.05 Å². The van der Waals surface area contributed by atoms with Crippen LogP contribution < -0.4 is 10.9 Å². The lowest BCUT2D eigenvalue weighted by atomic mass is 9.88. The van der Waals surface area contributed by atoms with Crippen LogP contribution in [-0.2, 0) is 11.8 Å². The smallest absolute Gasteiger partial charge is 0.263 e. The number of pyridine rings is 1. The van der Waals surface area contributed by atoms with Crippen LogP contribution in [0.5, 0.6) is 0 Å². The third kappa shape index (κ3) is 4.87. The highest BCUT2D eigenvalue weighted by Gasteiger charge is 2.42. The molecule has 6 nitrogen and oxygen atoms in total. The van der Waals surface area contributed by atoms with Gasteiger partial charge in [-0.3, -0.25) is 14.5 Å². The summed E-state index contributed by atoms with van der Waals surface area (Å²) in [6.45, 7) is 7.86. The van der Waals surface area contributed by atoms with Crippen LogP contribution in [0.15, 0.2) is 34.8 Å². The Bertz CT molecular complexity index is 756. The molecular formula is C21H31N3O3. The quantitative estimate of drug-likeness (QED) is 0.803. The Hall–Kier alpha value is -1.92. The molecule has 27 heavy (non-hydrogen) atoms. The lowest BCUT2D eigenvalue weighted by Crippen LogP contribution is -2.45. The molecule has 1 atom stereocenters. The molecule has 1 aromatic rings. The van der Waals surface area contributed by atoms with Gasteiger partial charge in [-0.15, -0.1) is 0 Å². The number of piperidine rings is 1. The molecule has 148 valence electrons. The van der Waals surface area contributed by atoms with E-state index in [-0.39, 0.29) is 28.7 Å². The molecule has 1 amide bonds. The first-order valence-corrected chi connectivity index (χ1v) is 9.86. The fraction of sp³-hybridized carbons (Fsp3) is 0.619. The van der Waals surface area contributed by atoms with E-state index in [1.807, 2.05) is 0 Å². The van der Waals surface area contributed by atoms with E-state index in [9.17, 15) is 9.59 Å². The average Bonchev–Trinajstić information content (AvgIpc) is 3.04. The number of nitrogens with one attached hydrogen (secondary N) is 1. The van der Waals surface area contributed by atoms with E-state index in [1.165, 1.54) is 10.1 Å². The molecule has 6 heteroatoms. The molecule has 0 aromatic carbocycles. The van der Waals surface area contributed by atoms with Gasteiger partial charge < -0.3 is 14.6 Å². The summed E-state index contributed by atoms with van der Waals surface area (Å²) >= 11 is 0. The monoisotopic (exact) mass is 373 g/mol. The summed E-state index contributed by atoms with van der Waals surface area (Å²) < 4.78 is 7.78. The van der Waals surface area contributed by atoms with E-state index in [0.29, 0.717) is 6.54 Å². The van der Waals surface area contributed by atoms with Gasteiger partial charge in [0.05, 0.1) is 11.7 Å². The molecule has 1 spiro atoms. The molecule has 1 N–H and O–H groups in total. The molecule has 0 aliphatic carbocycles. The molecule has 0 bridgehead atoms. The molecule has 1 aromatic heterocycles. The lowest BCUT2D eigenvalue weighted by Gasteiger charge is -2.39. The fourth-order valence-corrected chi connectivity index (χ4v) is 3.93. The number of carbonyl (C=O) groups excluding carboxylic acids is 1. The number of nitrogens with zero attached hydrogens (tertiary/aromatic N) is 2. The molecule has 0 radical (unpaired) electrons. The number of ether oxygens (including phenoxy) is 1. The van der Waals surface area contributed by atoms with Gasteiger partial charge in [-0.25, -0.2) is 0 Å². The number of rotatable bonds is 5. The van der Waals surface area contributed by atoms with Crippen LogP contribution in [0.2, 0.25) is 0 Å². The summed E-state index contributed by atoms with van der Waals surface area (Å²) in [7, 11) is 1.65. The summed E-state index contributed by atoms with van der Waals surface area (Å²) in [5.74, 6) is -0.322. The Labute approximate surface area is 161 Å². The third-order valence-electron chi connectivity index (χ3n) is 5.72. The van der Waals surface area contributed by atoms with Crippen LogP contribution >= 0.6 is 0 Å². The second-order valence-electron chi connectivity index (χ2n) is 8.09. The van der Waals surface area contributed by atoms with Crippen molar-refractivity contribution >= 4 is 5.91 Å². The maximum atomic E-state index is 12.3. The largest absolute Gasteiger partial charge is 0.370 e. The van der Waals surface area contributed by atoms with Crippen LogP contribution in [0.25, 0.3) is 0 Å². The maximum Gasteiger partial charge on any atom is 0.263 e. The summed E-state index contributed by atoms with van der Waals surface area (Å²) in [6, 6.07) is 3.28. The zero-order valence-electron chi connectivity index (χ0n) is 16.7. The van der Waals surface area contributed by atoms with Gasteiger partial charge in [0.15, 0.2) is 0 Å². The summed E-state index contributed by atoms with van der Waals surface area (Å²) in [6.07, 6.45) is 8.07. The first-order valence-electron chi connectivity index (χ1n) is 9.86. The summed E-state index contributed by atoms with van der Waals surface area (Å²) in [5.41, 5.74) is 1.24. The minimum atomic E-state index is -0.322. The second kappa shape index (κ2) is 8.40. The van der Waals surface area contributed by atoms with E-state index in [0.717, 1.165) is 45.3 Å². The van der Waals surface area contributed by atoms with E-state index in [1.54, 1.807) is 25.4 Å². The summed E-state index contributed by atoms with van der Waals surface area (Å²) in [5, 5.41) is 2.88. The average molecular weight is 373 g/mol. The highest BCUT2D eigenvalue weighted by atomic mass is 16.5. The number of aryl methyl sites for hydroxylation is 1. The van der Waals surface area contributed by atoms with E-state index < -0.39 is 0 Å². The van der Waals surface area contributed by atoms with Crippen molar-refractivity contribution in [1.82, 2.24) is 14.8 Å². The zero-order chi connectivity index (χ0) is 19.4. The highest BCUT2D eigenvalue weighted by molar-refractivity contribution is 5.93. The summed E-state index contributed by atoms with van der Waals surface area (Å²) in [4.78, 5) is 26.8. The predicted molar refractivity (Wildman–Crippen MR) is 106 cm³/mol. The number of allylic oxidation sites excluding steroid dienone is 1. The number of carbonyl (C=O) groups is 1. The van der Waals surface area contributed by atoms with Gasteiger partial charge in [0.25, 0.3) is 11.5 Å². The predicted octanol–water partition coefficient (Wildman–Crippen LogP) is 2.09. The van der Waals surface area contributed by atoms with Crippen molar-refractivity contribution in [2.75, 3.05) is 26.2 Å². The fourth-order valence-electron chi connectivity index (χ4n) is 3.93. The Balaban J connectivity index is 1.48. The van der Waals surface area contributed by atoms with Crippen LogP contribution in [0.1, 0.15) is 49.9 Å². The van der Waals surface area contributed by atoms with Crippen LogP contribution in [0, 0.1) is 0 Å². The van der Waals surface area contributed by atoms with E-state index in [2.05, 4.69) is 30.1 Å². The minimum Gasteiger partial charge on any atom is -0.370 e. The number of likely N-dealkylation sites (tertiary alicyclic amines) is 1. The molecule has 0 unspecified atom stereocenters. The van der Waals surface area contributed by atoms with Gasteiger partial charge in [-0.05, 0) is 51.7 Å². The van der Waals surface area contributed by atoms with Crippen molar-refractivity contribution in [3.05, 3.63) is 45.9 Å². The Morgan fingerprint density at radius 1 is 1.33 bits per heavy atom. The van der Waals surface area contributed by atoms with E-state index >= 15 is 0 Å². The highest BCUT2D eigenvalue weighted by Crippen LogP contribution is 2.38. The van der Waals surface area contributed by atoms with Crippen molar-refractivity contribution in [2.45, 2.75) is 51.2 Å². The van der Waals surface area contributed by atoms with Crippen LogP contribution in [0.3, 0.4) is 0 Å². The number of aromatic nitrogens is 1. The van der Waals surface area contributed by atoms with Crippen molar-refractivity contribution < 1.29 is 9.53 Å². The lowest BCUT2D eigenvalue weighted by molar-refractivity contribution is -0.0741. The first kappa shape index (κ1) is 19.8. The van der Waals surface area contributed by atoms with Gasteiger partial charge in [0.1, 0.15) is 5.56 Å². The minimum absolute atomic E-state index is 0.0280. The molecular weight excluding hydrogens is 342 g/mol. The normalized spacial score (nSPS) is 22.0. The van der Waals surface area contributed by atoms with Crippen molar-refractivity contribution in [3.63, 3.8) is 0 Å². The number of hydrogen-bond acceptors (Lipinski definition) is 4. The maximum absolute atomic E-state index is 12.3. The topological polar surface area (TPSA) is 63.6 Å². The van der Waals surface area contributed by atoms with Gasteiger partial charge >= 0.3 is 0 Å². The van der Waals surface area contributed by atoms with Gasteiger partial charge in [-0.1, -0.05) is 11.6 Å². The standard InChI is InChI=1S/C21H31N3O3/c1-16(2)7-12-24-13-9-21(10-14-24)8-6-17(27-21)15-22-19(25)18-5-4-11-23(3)20(18)26/h4-5,7,11,17H,6,8-10,12-15H2,1-3H3,(H,22,25)/t17-/m1/s1. The third-order valence-corrected chi connectivity index (χ3v) is 5.72. The van der Waals surface area contributed by atoms with Crippen molar-refractivity contribution in [3.8, 4) is 0 Å². The molecule has 2 saturated heterocycles.